The summed E-state index contributed by atoms with van der Waals surface area (Å²) < 4.78 is 1.86. The van der Waals surface area contributed by atoms with Crippen molar-refractivity contribution in [2.24, 2.45) is 5.92 Å². The second kappa shape index (κ2) is 7.12. The molecule has 0 unspecified atom stereocenters. The Hall–Kier alpha value is -2.95. The van der Waals surface area contributed by atoms with Gasteiger partial charge in [0.1, 0.15) is 0 Å². The molecule has 5 nitrogen and oxygen atoms in total. The third-order valence-electron chi connectivity index (χ3n) is 4.99. The fourth-order valence-corrected chi connectivity index (χ4v) is 3.40. The zero-order valence-corrected chi connectivity index (χ0v) is 14.8. The average molecular weight is 346 g/mol. The molecular weight excluding hydrogens is 324 g/mol. The van der Waals surface area contributed by atoms with Gasteiger partial charge in [-0.05, 0) is 54.5 Å². The van der Waals surface area contributed by atoms with Crippen LogP contribution in [0.4, 0.5) is 5.82 Å². The summed E-state index contributed by atoms with van der Waals surface area (Å²) in [6.07, 6.45) is 7.30. The van der Waals surface area contributed by atoms with E-state index in [1.165, 1.54) is 16.7 Å². The summed E-state index contributed by atoms with van der Waals surface area (Å²) in [4.78, 5) is 16.5. The van der Waals surface area contributed by atoms with E-state index < -0.39 is 0 Å². The highest BCUT2D eigenvalue weighted by Crippen LogP contribution is 2.48. The number of carbonyl (C=O) groups is 1. The number of benzene rings is 1. The van der Waals surface area contributed by atoms with Crippen molar-refractivity contribution in [1.82, 2.24) is 14.8 Å². The lowest BCUT2D eigenvalue weighted by atomic mass is 10.0. The zero-order valence-electron chi connectivity index (χ0n) is 14.8. The zero-order chi connectivity index (χ0) is 17.9. The van der Waals surface area contributed by atoms with Crippen molar-refractivity contribution in [2.45, 2.75) is 32.2 Å². The van der Waals surface area contributed by atoms with Gasteiger partial charge in [-0.15, -0.1) is 0 Å². The van der Waals surface area contributed by atoms with Crippen molar-refractivity contribution in [3.8, 4) is 0 Å². The number of nitrogens with one attached hydrogen (secondary N) is 1. The highest BCUT2D eigenvalue weighted by atomic mass is 16.2. The SMILES string of the molecule is Cc1ccccc1[C@H]1C[C@H]1C(=O)Nc1ccn(CCc2ccncc2)n1. The van der Waals surface area contributed by atoms with Gasteiger partial charge >= 0.3 is 0 Å². The number of anilines is 1. The fourth-order valence-electron chi connectivity index (χ4n) is 3.40. The molecule has 4 rings (SSSR count). The predicted octanol–water partition coefficient (Wildman–Crippen LogP) is 3.57. The summed E-state index contributed by atoms with van der Waals surface area (Å²) in [5.41, 5.74) is 3.77. The van der Waals surface area contributed by atoms with Gasteiger partial charge in [-0.2, -0.15) is 5.10 Å². The number of amides is 1. The smallest absolute Gasteiger partial charge is 0.229 e. The van der Waals surface area contributed by atoms with Crippen LogP contribution in [0.5, 0.6) is 0 Å². The number of nitrogens with zero attached hydrogens (tertiary/aromatic N) is 3. The number of hydrogen-bond acceptors (Lipinski definition) is 3. The number of aryl methyl sites for hydroxylation is 3. The quantitative estimate of drug-likeness (QED) is 0.742. The molecule has 26 heavy (non-hydrogen) atoms. The molecule has 1 aliphatic carbocycles. The van der Waals surface area contributed by atoms with Crippen LogP contribution in [-0.4, -0.2) is 20.7 Å². The standard InChI is InChI=1S/C21H22N4O/c1-15-4-2-3-5-17(15)18-14-19(18)21(26)23-20-9-13-25(24-20)12-8-16-6-10-22-11-7-16/h2-7,9-11,13,18-19H,8,12,14H2,1H3,(H,23,24,26)/t18-,19-/m1/s1. The Labute approximate surface area is 153 Å². The first-order valence-electron chi connectivity index (χ1n) is 8.99. The van der Waals surface area contributed by atoms with Crippen molar-refractivity contribution in [3.63, 3.8) is 0 Å². The van der Waals surface area contributed by atoms with Crippen LogP contribution in [0.15, 0.2) is 61.1 Å². The molecule has 1 amide bonds. The lowest BCUT2D eigenvalue weighted by Crippen LogP contribution is -2.15. The second-order valence-electron chi connectivity index (χ2n) is 6.86. The average Bonchev–Trinajstić information content (AvgIpc) is 3.34. The molecule has 0 saturated heterocycles. The molecule has 2 heterocycles. The molecule has 1 N–H and O–H groups in total. The molecule has 0 radical (unpaired) electrons. The van der Waals surface area contributed by atoms with Gasteiger partial charge in [-0.1, -0.05) is 24.3 Å². The van der Waals surface area contributed by atoms with Crippen LogP contribution in [-0.2, 0) is 17.8 Å². The summed E-state index contributed by atoms with van der Waals surface area (Å²) in [6, 6.07) is 14.2. The van der Waals surface area contributed by atoms with E-state index in [4.69, 9.17) is 0 Å². The largest absolute Gasteiger partial charge is 0.309 e. The first-order valence-corrected chi connectivity index (χ1v) is 8.99. The fraction of sp³-hybridized carbons (Fsp3) is 0.286. The molecule has 0 spiro atoms. The van der Waals surface area contributed by atoms with Crippen LogP contribution < -0.4 is 5.32 Å². The normalized spacial score (nSPS) is 18.5. The van der Waals surface area contributed by atoms with Crippen LogP contribution in [0.3, 0.4) is 0 Å². The van der Waals surface area contributed by atoms with Gasteiger partial charge < -0.3 is 5.32 Å². The Morgan fingerprint density at radius 1 is 1.19 bits per heavy atom. The van der Waals surface area contributed by atoms with Crippen LogP contribution in [0.1, 0.15) is 29.0 Å². The van der Waals surface area contributed by atoms with Crippen molar-refractivity contribution in [1.29, 1.82) is 0 Å². The van der Waals surface area contributed by atoms with E-state index in [0.29, 0.717) is 11.7 Å². The van der Waals surface area contributed by atoms with Crippen LogP contribution >= 0.6 is 0 Å². The molecule has 3 aromatic rings. The number of pyridine rings is 1. The van der Waals surface area contributed by atoms with E-state index in [2.05, 4.69) is 34.5 Å². The molecule has 1 aromatic carbocycles. The minimum Gasteiger partial charge on any atom is -0.309 e. The summed E-state index contributed by atoms with van der Waals surface area (Å²) in [6.45, 7) is 2.88. The molecule has 2 aromatic heterocycles. The summed E-state index contributed by atoms with van der Waals surface area (Å²) in [5, 5.41) is 7.42. The van der Waals surface area contributed by atoms with E-state index in [-0.39, 0.29) is 11.8 Å². The van der Waals surface area contributed by atoms with E-state index in [1.807, 2.05) is 41.2 Å². The Morgan fingerprint density at radius 2 is 2.00 bits per heavy atom. The third-order valence-corrected chi connectivity index (χ3v) is 4.99. The minimum absolute atomic E-state index is 0.0538. The molecule has 5 heteroatoms. The van der Waals surface area contributed by atoms with E-state index >= 15 is 0 Å². The molecule has 0 bridgehead atoms. The lowest BCUT2D eigenvalue weighted by molar-refractivity contribution is -0.117. The van der Waals surface area contributed by atoms with Crippen LogP contribution in [0, 0.1) is 12.8 Å². The summed E-state index contributed by atoms with van der Waals surface area (Å²) in [7, 11) is 0. The Bertz CT molecular complexity index is 903. The van der Waals surface area contributed by atoms with E-state index in [1.54, 1.807) is 12.4 Å². The third kappa shape index (κ3) is 3.67. The summed E-state index contributed by atoms with van der Waals surface area (Å²) >= 11 is 0. The van der Waals surface area contributed by atoms with Crippen LogP contribution in [0.25, 0.3) is 0 Å². The molecular formula is C21H22N4O. The monoisotopic (exact) mass is 346 g/mol. The first kappa shape index (κ1) is 16.5. The van der Waals surface area contributed by atoms with Crippen molar-refractivity contribution >= 4 is 11.7 Å². The number of carbonyl (C=O) groups excluding carboxylic acids is 1. The van der Waals surface area contributed by atoms with Crippen molar-refractivity contribution in [3.05, 3.63) is 77.7 Å². The maximum atomic E-state index is 12.5. The predicted molar refractivity (Wildman–Crippen MR) is 101 cm³/mol. The minimum atomic E-state index is 0.0538. The number of aromatic nitrogens is 3. The van der Waals surface area contributed by atoms with E-state index in [0.717, 1.165) is 19.4 Å². The highest BCUT2D eigenvalue weighted by molar-refractivity contribution is 5.94. The molecule has 2 atom stereocenters. The lowest BCUT2D eigenvalue weighted by Gasteiger charge is -2.05. The van der Waals surface area contributed by atoms with E-state index in [9.17, 15) is 4.79 Å². The highest BCUT2D eigenvalue weighted by Gasteiger charge is 2.44. The molecule has 0 aliphatic heterocycles. The maximum Gasteiger partial charge on any atom is 0.229 e. The topological polar surface area (TPSA) is 59.8 Å². The van der Waals surface area contributed by atoms with Gasteiger partial charge in [0.2, 0.25) is 5.91 Å². The van der Waals surface area contributed by atoms with Gasteiger partial charge in [0.25, 0.3) is 0 Å². The second-order valence-corrected chi connectivity index (χ2v) is 6.86. The van der Waals surface area contributed by atoms with Crippen LogP contribution in [0.2, 0.25) is 0 Å². The van der Waals surface area contributed by atoms with Gasteiger partial charge in [0, 0.05) is 37.1 Å². The van der Waals surface area contributed by atoms with Gasteiger partial charge in [-0.25, -0.2) is 0 Å². The van der Waals surface area contributed by atoms with Gasteiger partial charge in [0.15, 0.2) is 5.82 Å². The summed E-state index contributed by atoms with van der Waals surface area (Å²) in [5.74, 6) is 1.08. The molecule has 1 saturated carbocycles. The molecule has 132 valence electrons. The van der Waals surface area contributed by atoms with Crippen molar-refractivity contribution in [2.75, 3.05) is 5.32 Å². The molecule has 1 fully saturated rings. The molecule has 1 aliphatic rings. The Balaban J connectivity index is 1.32. The maximum absolute atomic E-state index is 12.5. The van der Waals surface area contributed by atoms with Gasteiger partial charge in [0.05, 0.1) is 0 Å². The first-order chi connectivity index (χ1) is 12.7. The Kier molecular flexibility index (Phi) is 4.52. The Morgan fingerprint density at radius 3 is 2.81 bits per heavy atom. The number of rotatable bonds is 6. The van der Waals surface area contributed by atoms with Crippen molar-refractivity contribution < 1.29 is 4.79 Å². The number of hydrogen-bond donors (Lipinski definition) is 1. The van der Waals surface area contributed by atoms with Gasteiger partial charge in [-0.3, -0.25) is 14.5 Å².